The highest BCUT2D eigenvalue weighted by Gasteiger charge is 2.49. The number of hydrogen-bond donors (Lipinski definition) is 3. The molecule has 9 nitrogen and oxygen atoms in total. The number of sulfone groups is 1. The Hall–Kier alpha value is -3.54. The zero-order valence-electron chi connectivity index (χ0n) is 27.1. The number of amides is 3. The summed E-state index contributed by atoms with van der Waals surface area (Å²) >= 11 is 1.45. The third-order valence-electron chi connectivity index (χ3n) is 8.64. The van der Waals surface area contributed by atoms with Gasteiger partial charge in [0.1, 0.15) is 12.1 Å². The number of carbonyl (C=O) groups is 3. The molecule has 3 aromatic rings. The highest BCUT2D eigenvalue weighted by molar-refractivity contribution is 7.92. The Morgan fingerprint density at radius 2 is 1.46 bits per heavy atom. The van der Waals surface area contributed by atoms with Crippen LogP contribution in [0.3, 0.4) is 0 Å². The lowest BCUT2D eigenvalue weighted by atomic mass is 9.95. The summed E-state index contributed by atoms with van der Waals surface area (Å²) in [7, 11) is -3.78. The number of ether oxygens (including phenoxy) is 1. The first-order valence-electron chi connectivity index (χ1n) is 15.6. The van der Waals surface area contributed by atoms with Crippen LogP contribution in [0.2, 0.25) is 0 Å². The van der Waals surface area contributed by atoms with Crippen LogP contribution < -0.4 is 16.0 Å². The molecule has 1 aliphatic rings. The van der Waals surface area contributed by atoms with E-state index in [0.717, 1.165) is 22.9 Å². The molecule has 2 aromatic carbocycles. The number of thiophene rings is 1. The Bertz CT molecular complexity index is 1560. The molecule has 0 bridgehead atoms. The molecule has 4 rings (SSSR count). The number of nitrogens with one attached hydrogen (secondary N) is 3. The second kappa shape index (κ2) is 15.4. The van der Waals surface area contributed by atoms with Crippen molar-refractivity contribution >= 4 is 38.9 Å². The van der Waals surface area contributed by atoms with Crippen LogP contribution in [-0.4, -0.2) is 67.5 Å². The molecular weight excluding hydrogens is 623 g/mol. The first-order valence-corrected chi connectivity index (χ1v) is 18.4. The molecule has 5 atom stereocenters. The van der Waals surface area contributed by atoms with Gasteiger partial charge in [-0.3, -0.25) is 14.4 Å². The van der Waals surface area contributed by atoms with Crippen molar-refractivity contribution in [3.8, 4) is 0 Å². The molecule has 248 valence electrons. The Labute approximate surface area is 276 Å². The molecule has 0 saturated carbocycles. The van der Waals surface area contributed by atoms with Crippen molar-refractivity contribution in [1.82, 2.24) is 16.0 Å². The summed E-state index contributed by atoms with van der Waals surface area (Å²) in [6.45, 7) is 7.02. The molecule has 3 N–H and O–H groups in total. The van der Waals surface area contributed by atoms with Crippen molar-refractivity contribution in [2.45, 2.75) is 88.5 Å². The Balaban J connectivity index is 1.47. The molecule has 2 heterocycles. The third-order valence-corrected chi connectivity index (χ3v) is 11.5. The largest absolute Gasteiger partial charge is 0.367 e. The zero-order chi connectivity index (χ0) is 33.5. The van der Waals surface area contributed by atoms with Crippen LogP contribution in [0.1, 0.15) is 50.8 Å². The summed E-state index contributed by atoms with van der Waals surface area (Å²) in [5, 5.41) is 12.5. The lowest BCUT2D eigenvalue weighted by Crippen LogP contribution is -2.62. The minimum Gasteiger partial charge on any atom is -0.367 e. The van der Waals surface area contributed by atoms with E-state index in [1.54, 1.807) is 0 Å². The first-order chi connectivity index (χ1) is 21.7. The van der Waals surface area contributed by atoms with Gasteiger partial charge in [0, 0.05) is 12.3 Å². The topological polar surface area (TPSA) is 134 Å². The maximum Gasteiger partial charge on any atom is 0.244 e. The van der Waals surface area contributed by atoms with E-state index >= 15 is 0 Å². The summed E-state index contributed by atoms with van der Waals surface area (Å²) in [5.41, 5.74) is 2.85. The predicted octanol–water partition coefficient (Wildman–Crippen LogP) is 3.87. The number of carbonyl (C=O) groups excluding carboxylic acids is 3. The van der Waals surface area contributed by atoms with Gasteiger partial charge in [0.2, 0.25) is 17.7 Å². The summed E-state index contributed by atoms with van der Waals surface area (Å²) in [4.78, 5) is 40.1. The van der Waals surface area contributed by atoms with Crippen LogP contribution in [-0.2, 0) is 48.2 Å². The van der Waals surface area contributed by atoms with E-state index < -0.39 is 50.7 Å². The lowest BCUT2D eigenvalue weighted by molar-refractivity contribution is -0.130. The molecular formula is C35H45N3O6S2. The van der Waals surface area contributed by atoms with Crippen LogP contribution in [0.5, 0.6) is 0 Å². The molecule has 1 aliphatic heterocycles. The smallest absolute Gasteiger partial charge is 0.244 e. The molecule has 0 aliphatic carbocycles. The summed E-state index contributed by atoms with van der Waals surface area (Å²) in [6.07, 6.45) is 1.41. The molecule has 0 radical (unpaired) electrons. The maximum atomic E-state index is 13.9. The standard InChI is InChI=1S/C35H45N3O6S2/c1-23(2)27(18-24-12-8-6-9-13-24)36-31(40)21-29-32(44-29)28(19-25-14-10-7-11-15-25)37-34(41)33(35(3,4)46(5,42)43)38-30(39)20-26-16-17-45-22-26/h6-17,22-23,27-29,32-33H,18-21H2,1-5H3,(H,36,40)(H,37,41)(H,38,39)/t27?,28-,29-,32+,33+/m0/s1. The normalized spacial score (nSPS) is 18.3. The Kier molecular flexibility index (Phi) is 11.8. The highest BCUT2D eigenvalue weighted by Crippen LogP contribution is 2.31. The highest BCUT2D eigenvalue weighted by atomic mass is 32.2. The van der Waals surface area contributed by atoms with Crippen LogP contribution in [0.25, 0.3) is 0 Å². The van der Waals surface area contributed by atoms with Crippen molar-refractivity contribution < 1.29 is 27.5 Å². The molecule has 1 unspecified atom stereocenters. The summed E-state index contributed by atoms with van der Waals surface area (Å²) in [5.74, 6) is -1.00. The van der Waals surface area contributed by atoms with Crippen molar-refractivity contribution in [2.75, 3.05) is 6.26 Å². The molecule has 1 saturated heterocycles. The monoisotopic (exact) mass is 667 g/mol. The zero-order valence-corrected chi connectivity index (χ0v) is 28.7. The second-order valence-electron chi connectivity index (χ2n) is 12.9. The van der Waals surface area contributed by atoms with Gasteiger partial charge in [0.25, 0.3) is 0 Å². The van der Waals surface area contributed by atoms with Crippen LogP contribution in [0.4, 0.5) is 0 Å². The molecule has 46 heavy (non-hydrogen) atoms. The van der Waals surface area contributed by atoms with Gasteiger partial charge in [-0.25, -0.2) is 8.42 Å². The Morgan fingerprint density at radius 1 is 0.848 bits per heavy atom. The van der Waals surface area contributed by atoms with E-state index in [1.807, 2.05) is 77.5 Å². The van der Waals surface area contributed by atoms with Gasteiger partial charge in [0.05, 0.1) is 29.7 Å². The van der Waals surface area contributed by atoms with E-state index in [-0.39, 0.29) is 30.7 Å². The number of hydrogen-bond acceptors (Lipinski definition) is 7. The molecule has 1 fully saturated rings. The molecule has 0 spiro atoms. The van der Waals surface area contributed by atoms with E-state index in [0.29, 0.717) is 12.8 Å². The number of epoxide rings is 1. The van der Waals surface area contributed by atoms with Gasteiger partial charge in [-0.2, -0.15) is 11.3 Å². The minimum atomic E-state index is -3.78. The van der Waals surface area contributed by atoms with E-state index in [9.17, 15) is 22.8 Å². The van der Waals surface area contributed by atoms with Gasteiger partial charge in [-0.1, -0.05) is 74.5 Å². The second-order valence-corrected chi connectivity index (χ2v) is 16.3. The number of benzene rings is 2. The fourth-order valence-corrected chi connectivity index (χ4v) is 6.65. The Morgan fingerprint density at radius 3 is 2.00 bits per heavy atom. The van der Waals surface area contributed by atoms with Crippen LogP contribution in [0, 0.1) is 5.92 Å². The SMILES string of the molecule is CC(C)C(Cc1ccccc1)NC(=O)C[C@@H]1O[C@@H]1[C@H](Cc1ccccc1)NC(=O)[C@@H](NC(=O)Cc1ccsc1)C(C)(C)S(C)(=O)=O. The van der Waals surface area contributed by atoms with Crippen LogP contribution >= 0.6 is 11.3 Å². The van der Waals surface area contributed by atoms with Crippen LogP contribution in [0.15, 0.2) is 77.5 Å². The van der Waals surface area contributed by atoms with Gasteiger partial charge >= 0.3 is 0 Å². The first kappa shape index (κ1) is 35.3. The fraction of sp³-hybridized carbons (Fsp3) is 0.457. The fourth-order valence-electron chi connectivity index (χ4n) is 5.39. The summed E-state index contributed by atoms with van der Waals surface area (Å²) < 4.78 is 30.1. The van der Waals surface area contributed by atoms with Gasteiger partial charge < -0.3 is 20.7 Å². The van der Waals surface area contributed by atoms with Gasteiger partial charge in [-0.15, -0.1) is 0 Å². The predicted molar refractivity (Wildman–Crippen MR) is 181 cm³/mol. The number of rotatable bonds is 16. The molecule has 11 heteroatoms. The molecule has 3 amide bonds. The van der Waals surface area contributed by atoms with Crippen molar-refractivity contribution in [1.29, 1.82) is 0 Å². The quantitative estimate of drug-likeness (QED) is 0.199. The van der Waals surface area contributed by atoms with Gasteiger partial charge in [-0.05, 0) is 66.1 Å². The summed E-state index contributed by atoms with van der Waals surface area (Å²) in [6, 6.07) is 19.4. The van der Waals surface area contributed by atoms with E-state index in [2.05, 4.69) is 29.8 Å². The average Bonchev–Trinajstić information content (AvgIpc) is 3.56. The van der Waals surface area contributed by atoms with Crippen molar-refractivity contribution in [3.05, 3.63) is 94.2 Å². The maximum absolute atomic E-state index is 13.9. The van der Waals surface area contributed by atoms with Crippen molar-refractivity contribution in [2.24, 2.45) is 5.92 Å². The third kappa shape index (κ3) is 9.73. The van der Waals surface area contributed by atoms with Crippen molar-refractivity contribution in [3.63, 3.8) is 0 Å². The minimum absolute atomic E-state index is 0.0190. The lowest BCUT2D eigenvalue weighted by Gasteiger charge is -2.33. The van der Waals surface area contributed by atoms with E-state index in [4.69, 9.17) is 4.74 Å². The van der Waals surface area contributed by atoms with Gasteiger partial charge in [0.15, 0.2) is 9.84 Å². The molecule has 1 aromatic heterocycles. The van der Waals surface area contributed by atoms with E-state index in [1.165, 1.54) is 25.2 Å². The average molecular weight is 668 g/mol.